The van der Waals surface area contributed by atoms with Gasteiger partial charge < -0.3 is 5.32 Å². The molecule has 1 saturated heterocycles. The minimum absolute atomic E-state index is 0.596. The molecule has 0 aliphatic carbocycles. The molecule has 4 atom stereocenters. The number of hydrogen-bond acceptors (Lipinski definition) is 2. The standard InChI is InChI=1S/C15H32N2/c1-7-15(9-16-11(2)3)17-10-12(4)8-13(5)14(17)6/h11-16H,7-10H2,1-6H3. The lowest BCUT2D eigenvalue weighted by atomic mass is 9.84. The molecule has 2 nitrogen and oxygen atoms in total. The number of piperidine rings is 1. The normalized spacial score (nSPS) is 33.0. The molecule has 17 heavy (non-hydrogen) atoms. The van der Waals surface area contributed by atoms with Crippen LogP contribution in [0.3, 0.4) is 0 Å². The quantitative estimate of drug-likeness (QED) is 0.794. The summed E-state index contributed by atoms with van der Waals surface area (Å²) in [6.45, 7) is 16.4. The van der Waals surface area contributed by atoms with Gasteiger partial charge in [0, 0.05) is 31.2 Å². The van der Waals surface area contributed by atoms with E-state index in [4.69, 9.17) is 0 Å². The zero-order chi connectivity index (χ0) is 13.0. The summed E-state index contributed by atoms with van der Waals surface area (Å²) in [5.41, 5.74) is 0. The second-order valence-corrected chi connectivity index (χ2v) is 6.38. The maximum absolute atomic E-state index is 3.60. The number of rotatable bonds is 5. The van der Waals surface area contributed by atoms with E-state index >= 15 is 0 Å². The Bertz CT molecular complexity index is 215. The van der Waals surface area contributed by atoms with E-state index in [2.05, 4.69) is 51.8 Å². The van der Waals surface area contributed by atoms with Gasteiger partial charge in [-0.25, -0.2) is 0 Å². The van der Waals surface area contributed by atoms with Crippen LogP contribution in [0.5, 0.6) is 0 Å². The fourth-order valence-corrected chi connectivity index (χ4v) is 3.11. The summed E-state index contributed by atoms with van der Waals surface area (Å²) < 4.78 is 0. The predicted molar refractivity (Wildman–Crippen MR) is 76.3 cm³/mol. The lowest BCUT2D eigenvalue weighted by Gasteiger charge is -2.45. The van der Waals surface area contributed by atoms with Gasteiger partial charge in [0.25, 0.3) is 0 Å². The number of nitrogens with one attached hydrogen (secondary N) is 1. The van der Waals surface area contributed by atoms with E-state index in [0.717, 1.165) is 24.4 Å². The van der Waals surface area contributed by atoms with Gasteiger partial charge in [-0.1, -0.05) is 34.6 Å². The van der Waals surface area contributed by atoms with E-state index in [1.54, 1.807) is 0 Å². The van der Waals surface area contributed by atoms with Crippen LogP contribution in [-0.2, 0) is 0 Å². The smallest absolute Gasteiger partial charge is 0.0221 e. The van der Waals surface area contributed by atoms with E-state index in [1.807, 2.05) is 0 Å². The highest BCUT2D eigenvalue weighted by molar-refractivity contribution is 4.87. The highest BCUT2D eigenvalue weighted by atomic mass is 15.2. The molecule has 1 fully saturated rings. The average Bonchev–Trinajstić information content (AvgIpc) is 2.25. The Labute approximate surface area is 108 Å². The number of hydrogen-bond donors (Lipinski definition) is 1. The Morgan fingerprint density at radius 2 is 1.88 bits per heavy atom. The molecule has 2 heteroatoms. The van der Waals surface area contributed by atoms with Gasteiger partial charge in [-0.2, -0.15) is 0 Å². The van der Waals surface area contributed by atoms with Gasteiger partial charge in [0.1, 0.15) is 0 Å². The summed E-state index contributed by atoms with van der Waals surface area (Å²) in [7, 11) is 0. The average molecular weight is 240 g/mol. The zero-order valence-electron chi connectivity index (χ0n) is 12.7. The number of nitrogens with zero attached hydrogens (tertiary/aromatic N) is 1. The zero-order valence-corrected chi connectivity index (χ0v) is 12.7. The molecular formula is C15H32N2. The molecular weight excluding hydrogens is 208 g/mol. The van der Waals surface area contributed by atoms with Crippen LogP contribution in [0.25, 0.3) is 0 Å². The SMILES string of the molecule is CCC(CNC(C)C)N1CC(C)CC(C)C1C. The monoisotopic (exact) mass is 240 g/mol. The maximum atomic E-state index is 3.60. The molecule has 0 saturated carbocycles. The van der Waals surface area contributed by atoms with Gasteiger partial charge >= 0.3 is 0 Å². The molecule has 0 spiro atoms. The fraction of sp³-hybridized carbons (Fsp3) is 1.00. The van der Waals surface area contributed by atoms with Gasteiger partial charge in [-0.05, 0) is 31.6 Å². The molecule has 4 unspecified atom stereocenters. The summed E-state index contributed by atoms with van der Waals surface area (Å²) in [6, 6.07) is 2.04. The first-order chi connectivity index (χ1) is 7.95. The predicted octanol–water partition coefficient (Wildman–Crippen LogP) is 3.13. The minimum atomic E-state index is 0.596. The van der Waals surface area contributed by atoms with Crippen LogP contribution in [0, 0.1) is 11.8 Å². The first-order valence-corrected chi connectivity index (χ1v) is 7.44. The van der Waals surface area contributed by atoms with E-state index in [1.165, 1.54) is 19.4 Å². The Morgan fingerprint density at radius 3 is 2.41 bits per heavy atom. The number of likely N-dealkylation sites (tertiary alicyclic amines) is 1. The van der Waals surface area contributed by atoms with Crippen LogP contribution in [-0.4, -0.2) is 36.1 Å². The van der Waals surface area contributed by atoms with Gasteiger partial charge in [-0.3, -0.25) is 4.90 Å². The Morgan fingerprint density at radius 1 is 1.24 bits per heavy atom. The second kappa shape index (κ2) is 6.75. The van der Waals surface area contributed by atoms with Crippen molar-refractivity contribution in [2.24, 2.45) is 11.8 Å². The summed E-state index contributed by atoms with van der Waals surface area (Å²) in [5.74, 6) is 1.70. The van der Waals surface area contributed by atoms with E-state index in [0.29, 0.717) is 12.1 Å². The van der Waals surface area contributed by atoms with Crippen LogP contribution in [0.4, 0.5) is 0 Å². The Hall–Kier alpha value is -0.0800. The van der Waals surface area contributed by atoms with Crippen LogP contribution < -0.4 is 5.32 Å². The van der Waals surface area contributed by atoms with Crippen molar-refractivity contribution in [1.29, 1.82) is 0 Å². The molecule has 102 valence electrons. The summed E-state index contributed by atoms with van der Waals surface area (Å²) >= 11 is 0. The molecule has 0 amide bonds. The van der Waals surface area contributed by atoms with Crippen molar-refractivity contribution in [3.63, 3.8) is 0 Å². The first-order valence-electron chi connectivity index (χ1n) is 7.44. The van der Waals surface area contributed by atoms with Gasteiger partial charge in [0.15, 0.2) is 0 Å². The van der Waals surface area contributed by atoms with Crippen molar-refractivity contribution in [1.82, 2.24) is 10.2 Å². The van der Waals surface area contributed by atoms with Crippen molar-refractivity contribution in [3.05, 3.63) is 0 Å². The van der Waals surface area contributed by atoms with E-state index in [9.17, 15) is 0 Å². The van der Waals surface area contributed by atoms with Crippen LogP contribution in [0.15, 0.2) is 0 Å². The minimum Gasteiger partial charge on any atom is -0.313 e. The van der Waals surface area contributed by atoms with E-state index in [-0.39, 0.29) is 0 Å². The van der Waals surface area contributed by atoms with Gasteiger partial charge in [0.2, 0.25) is 0 Å². The molecule has 0 radical (unpaired) electrons. The lowest BCUT2D eigenvalue weighted by molar-refractivity contribution is 0.0378. The molecule has 1 aliphatic rings. The van der Waals surface area contributed by atoms with Crippen molar-refractivity contribution in [3.8, 4) is 0 Å². The van der Waals surface area contributed by atoms with Crippen LogP contribution in [0.2, 0.25) is 0 Å². The first kappa shape index (κ1) is 15.0. The van der Waals surface area contributed by atoms with Crippen LogP contribution >= 0.6 is 0 Å². The molecule has 0 aromatic carbocycles. The highest BCUT2D eigenvalue weighted by Crippen LogP contribution is 2.29. The third-order valence-electron chi connectivity index (χ3n) is 4.35. The Balaban J connectivity index is 2.59. The van der Waals surface area contributed by atoms with Crippen molar-refractivity contribution < 1.29 is 0 Å². The van der Waals surface area contributed by atoms with Crippen molar-refractivity contribution in [2.75, 3.05) is 13.1 Å². The van der Waals surface area contributed by atoms with E-state index < -0.39 is 0 Å². The fourth-order valence-electron chi connectivity index (χ4n) is 3.11. The molecule has 0 aromatic heterocycles. The topological polar surface area (TPSA) is 15.3 Å². The molecule has 1 rings (SSSR count). The Kier molecular flexibility index (Phi) is 5.94. The third-order valence-corrected chi connectivity index (χ3v) is 4.35. The van der Waals surface area contributed by atoms with Crippen molar-refractivity contribution in [2.45, 2.75) is 72.5 Å². The van der Waals surface area contributed by atoms with Crippen molar-refractivity contribution >= 4 is 0 Å². The highest BCUT2D eigenvalue weighted by Gasteiger charge is 2.32. The molecule has 1 aliphatic heterocycles. The maximum Gasteiger partial charge on any atom is 0.0221 e. The van der Waals surface area contributed by atoms with Gasteiger partial charge in [-0.15, -0.1) is 0 Å². The summed E-state index contributed by atoms with van der Waals surface area (Å²) in [5, 5.41) is 3.60. The largest absolute Gasteiger partial charge is 0.313 e. The second-order valence-electron chi connectivity index (χ2n) is 6.38. The van der Waals surface area contributed by atoms with Gasteiger partial charge in [0.05, 0.1) is 0 Å². The lowest BCUT2D eigenvalue weighted by Crippen LogP contribution is -2.54. The molecule has 0 aromatic rings. The van der Waals surface area contributed by atoms with Crippen LogP contribution in [0.1, 0.15) is 54.4 Å². The summed E-state index contributed by atoms with van der Waals surface area (Å²) in [6.07, 6.45) is 2.65. The molecule has 1 N–H and O–H groups in total. The molecule has 1 heterocycles. The third kappa shape index (κ3) is 4.26. The summed E-state index contributed by atoms with van der Waals surface area (Å²) in [4.78, 5) is 2.74. The molecule has 0 bridgehead atoms.